The van der Waals surface area contributed by atoms with Gasteiger partial charge < -0.3 is 14.2 Å². The maximum absolute atomic E-state index is 12.9. The Morgan fingerprint density at radius 3 is 0.744 bits per heavy atom. The molecule has 0 radical (unpaired) electrons. The highest BCUT2D eigenvalue weighted by Gasteiger charge is 2.19. The Kier molecular flexibility index (Phi) is 63.9. The molecule has 0 fully saturated rings. The van der Waals surface area contributed by atoms with Crippen LogP contribution in [0.4, 0.5) is 0 Å². The first-order chi connectivity index (χ1) is 40.5. The quantitative estimate of drug-likeness (QED) is 0.0261. The summed E-state index contributed by atoms with van der Waals surface area (Å²) in [7, 11) is 0. The summed E-state index contributed by atoms with van der Waals surface area (Å²) < 4.78 is 16.9. The molecule has 0 heterocycles. The fourth-order valence-corrected chi connectivity index (χ4v) is 8.58. The third-order valence-corrected chi connectivity index (χ3v) is 13.5. The topological polar surface area (TPSA) is 78.9 Å². The number of carbonyl (C=O) groups excluding carboxylic acids is 3. The van der Waals surface area contributed by atoms with Crippen LogP contribution >= 0.6 is 0 Å². The van der Waals surface area contributed by atoms with Gasteiger partial charge in [-0.3, -0.25) is 14.4 Å². The SMILES string of the molecule is CC/C=C\C/C=C\C/C=C\C/C=C\C/C=C\C/C=C\C/C=C\C/C=C\CCCCC(=O)OCC(COC(=O)CCCCCCCCCCCCCCCCCC)OC(=O)CCCC/C=C\C/C=C\C/C=C\C/C=C\C/C=C\C/C=C\CC. The lowest BCUT2D eigenvalue weighted by Crippen LogP contribution is -2.30. The van der Waals surface area contributed by atoms with E-state index in [1.165, 1.54) is 83.5 Å². The first kappa shape index (κ1) is 76.8. The van der Waals surface area contributed by atoms with Gasteiger partial charge in [0.15, 0.2) is 6.10 Å². The third-order valence-electron chi connectivity index (χ3n) is 13.5. The van der Waals surface area contributed by atoms with Crippen LogP contribution in [0.5, 0.6) is 0 Å². The second kappa shape index (κ2) is 68.3. The summed E-state index contributed by atoms with van der Waals surface area (Å²) in [6, 6.07) is 0. The maximum atomic E-state index is 12.9. The molecule has 0 aliphatic heterocycles. The molecular formula is C76H120O6. The van der Waals surface area contributed by atoms with Crippen molar-refractivity contribution >= 4 is 17.9 Å². The Hall–Kier alpha value is -5.23. The Morgan fingerprint density at radius 2 is 0.476 bits per heavy atom. The fraction of sp³-hybridized carbons (Fsp3) is 0.592. The van der Waals surface area contributed by atoms with Crippen LogP contribution in [0.3, 0.4) is 0 Å². The van der Waals surface area contributed by atoms with Crippen molar-refractivity contribution in [1.82, 2.24) is 0 Å². The second-order valence-electron chi connectivity index (χ2n) is 21.3. The lowest BCUT2D eigenvalue weighted by atomic mass is 10.0. The van der Waals surface area contributed by atoms with Crippen LogP contribution in [0.15, 0.2) is 170 Å². The van der Waals surface area contributed by atoms with Crippen LogP contribution in [0.25, 0.3) is 0 Å². The lowest BCUT2D eigenvalue weighted by molar-refractivity contribution is -0.167. The van der Waals surface area contributed by atoms with Crippen LogP contribution in [0.2, 0.25) is 0 Å². The highest BCUT2D eigenvalue weighted by molar-refractivity contribution is 5.71. The van der Waals surface area contributed by atoms with Gasteiger partial charge in [-0.25, -0.2) is 0 Å². The van der Waals surface area contributed by atoms with E-state index in [4.69, 9.17) is 14.2 Å². The van der Waals surface area contributed by atoms with Crippen LogP contribution in [-0.4, -0.2) is 37.2 Å². The average Bonchev–Trinajstić information content (AvgIpc) is 3.47. The van der Waals surface area contributed by atoms with Gasteiger partial charge in [0.1, 0.15) is 13.2 Å². The predicted octanol–water partition coefficient (Wildman–Crippen LogP) is 23.0. The summed E-state index contributed by atoms with van der Waals surface area (Å²) in [4.78, 5) is 38.4. The molecule has 0 saturated heterocycles. The predicted molar refractivity (Wildman–Crippen MR) is 357 cm³/mol. The summed E-state index contributed by atoms with van der Waals surface area (Å²) in [5.74, 6) is -1.01. The number of hydrogen-bond acceptors (Lipinski definition) is 6. The van der Waals surface area contributed by atoms with Gasteiger partial charge in [-0.05, 0) is 135 Å². The summed E-state index contributed by atoms with van der Waals surface area (Å²) in [6.07, 6.45) is 101. The third kappa shape index (κ3) is 65.6. The largest absolute Gasteiger partial charge is 0.462 e. The molecule has 0 N–H and O–H groups in total. The highest BCUT2D eigenvalue weighted by Crippen LogP contribution is 2.15. The Labute approximate surface area is 504 Å². The molecule has 6 heteroatoms. The van der Waals surface area contributed by atoms with Crippen molar-refractivity contribution in [1.29, 1.82) is 0 Å². The van der Waals surface area contributed by atoms with E-state index in [1.54, 1.807) is 0 Å². The number of allylic oxidation sites excluding steroid dienone is 28. The molecule has 0 aromatic carbocycles. The number of hydrogen-bond donors (Lipinski definition) is 0. The van der Waals surface area contributed by atoms with Crippen LogP contribution in [0.1, 0.15) is 271 Å². The summed E-state index contributed by atoms with van der Waals surface area (Å²) in [5, 5.41) is 0. The van der Waals surface area contributed by atoms with E-state index in [2.05, 4.69) is 191 Å². The molecule has 1 atom stereocenters. The first-order valence-electron chi connectivity index (χ1n) is 33.1. The van der Waals surface area contributed by atoms with Crippen molar-refractivity contribution in [2.75, 3.05) is 13.2 Å². The van der Waals surface area contributed by atoms with E-state index in [0.29, 0.717) is 19.3 Å². The molecule has 0 aromatic heterocycles. The van der Waals surface area contributed by atoms with Crippen LogP contribution in [0, 0.1) is 0 Å². The Morgan fingerprint density at radius 1 is 0.256 bits per heavy atom. The monoisotopic (exact) mass is 1130 g/mol. The highest BCUT2D eigenvalue weighted by atomic mass is 16.6. The minimum Gasteiger partial charge on any atom is -0.462 e. The van der Waals surface area contributed by atoms with Gasteiger partial charge in [-0.15, -0.1) is 0 Å². The van der Waals surface area contributed by atoms with Crippen molar-refractivity contribution < 1.29 is 28.6 Å². The Bertz CT molecular complexity index is 1870. The summed E-state index contributed by atoms with van der Waals surface area (Å²) >= 11 is 0. The molecule has 0 aliphatic carbocycles. The molecule has 0 aliphatic rings. The molecule has 82 heavy (non-hydrogen) atoms. The van der Waals surface area contributed by atoms with Crippen LogP contribution in [-0.2, 0) is 28.6 Å². The molecule has 0 aromatic rings. The zero-order chi connectivity index (χ0) is 59.2. The number of esters is 3. The van der Waals surface area contributed by atoms with Crippen molar-refractivity contribution in [3.8, 4) is 0 Å². The standard InChI is InChI=1S/C76H120O6/c1-4-7-10-13-16-19-22-25-28-31-33-35-36-37-38-39-40-42-43-45-48-51-54-57-60-63-66-69-75(78)81-72-73(71-80-74(77)68-65-62-59-56-53-50-47-30-27-24-21-18-15-12-9-6-3)82-76(79)70-67-64-61-58-55-52-49-46-44-41-34-32-29-26-23-20-17-14-11-8-5-2/h7-8,10-11,16-17,19-20,25-26,28-29,33-35,37-38,40-42,45-46,48-49,54-55,57-58,73H,4-6,9,12-15,18,21-24,27,30-32,36,39,43-44,47,50-53,56,59-72H2,1-3H3/b10-7-,11-8-,19-16-,20-17-,28-25-,29-26-,35-33-,38-37-,41-34-,42-40-,48-45-,49-46-,57-54-,58-55-. The number of ether oxygens (including phenoxy) is 3. The van der Waals surface area contributed by atoms with Gasteiger partial charge in [-0.1, -0.05) is 287 Å². The first-order valence-corrected chi connectivity index (χ1v) is 33.1. The van der Waals surface area contributed by atoms with E-state index < -0.39 is 6.10 Å². The van der Waals surface area contributed by atoms with Gasteiger partial charge in [0.2, 0.25) is 0 Å². The Balaban J connectivity index is 4.56. The average molecular weight is 1130 g/mol. The van der Waals surface area contributed by atoms with E-state index in [1.807, 2.05) is 0 Å². The van der Waals surface area contributed by atoms with E-state index in [9.17, 15) is 14.4 Å². The van der Waals surface area contributed by atoms with Gasteiger partial charge in [0, 0.05) is 19.3 Å². The van der Waals surface area contributed by atoms with Crippen molar-refractivity contribution in [2.45, 2.75) is 277 Å². The molecule has 0 rings (SSSR count). The van der Waals surface area contributed by atoms with Gasteiger partial charge in [0.25, 0.3) is 0 Å². The molecule has 6 nitrogen and oxygen atoms in total. The van der Waals surface area contributed by atoms with Crippen molar-refractivity contribution in [3.63, 3.8) is 0 Å². The molecule has 0 bridgehead atoms. The number of rotatable bonds is 58. The second-order valence-corrected chi connectivity index (χ2v) is 21.3. The molecule has 1 unspecified atom stereocenters. The number of unbranched alkanes of at least 4 members (excludes halogenated alkanes) is 19. The minimum atomic E-state index is -0.829. The smallest absolute Gasteiger partial charge is 0.306 e. The van der Waals surface area contributed by atoms with Crippen molar-refractivity contribution in [2.24, 2.45) is 0 Å². The summed E-state index contributed by atoms with van der Waals surface area (Å²) in [5.41, 5.74) is 0. The van der Waals surface area contributed by atoms with E-state index >= 15 is 0 Å². The lowest BCUT2D eigenvalue weighted by Gasteiger charge is -2.18. The normalized spacial score (nSPS) is 13.3. The fourth-order valence-electron chi connectivity index (χ4n) is 8.58. The van der Waals surface area contributed by atoms with E-state index in [-0.39, 0.29) is 44.0 Å². The maximum Gasteiger partial charge on any atom is 0.306 e. The van der Waals surface area contributed by atoms with Crippen LogP contribution < -0.4 is 0 Å². The molecule has 0 spiro atoms. The zero-order valence-electron chi connectivity index (χ0n) is 52.7. The molecule has 0 amide bonds. The van der Waals surface area contributed by atoms with Gasteiger partial charge in [0.05, 0.1) is 0 Å². The van der Waals surface area contributed by atoms with Gasteiger partial charge in [-0.2, -0.15) is 0 Å². The van der Waals surface area contributed by atoms with Crippen molar-refractivity contribution in [3.05, 3.63) is 170 Å². The zero-order valence-corrected chi connectivity index (χ0v) is 52.7. The van der Waals surface area contributed by atoms with Gasteiger partial charge >= 0.3 is 17.9 Å². The molecular weight excluding hydrogens is 1010 g/mol. The molecule has 460 valence electrons. The van der Waals surface area contributed by atoms with E-state index in [0.717, 1.165) is 135 Å². The minimum absolute atomic E-state index is 0.115. The summed E-state index contributed by atoms with van der Waals surface area (Å²) in [6.45, 7) is 6.35. The molecule has 0 saturated carbocycles. The number of carbonyl (C=O) groups is 3.